The van der Waals surface area contributed by atoms with Crippen molar-refractivity contribution >= 4 is 23.1 Å². The standard InChI is InChI=1S/C28H25F2NO7/c1-5-38-23-12-15(6-10-22(23)37-4)25-24(26(32)18-14-17(35-2)8-11-21(18)36-3)27(33)28(34)31(25)20-13-16(29)7-9-19(20)30/h6-14,25,32H,5H2,1-4H3/b26-24+. The van der Waals surface area contributed by atoms with Gasteiger partial charge in [0.25, 0.3) is 11.7 Å². The SMILES string of the molecule is CCOc1cc(C2/C(=C(\O)c3cc(OC)ccc3OC)C(=O)C(=O)N2c2cc(F)ccc2F)ccc1OC. The summed E-state index contributed by atoms with van der Waals surface area (Å²) in [6, 6.07) is 10.3. The average Bonchev–Trinajstić information content (AvgIpc) is 3.19. The van der Waals surface area contributed by atoms with Gasteiger partial charge in [0.2, 0.25) is 0 Å². The molecule has 1 fully saturated rings. The van der Waals surface area contributed by atoms with Crippen LogP contribution in [-0.2, 0) is 9.59 Å². The summed E-state index contributed by atoms with van der Waals surface area (Å²) in [6.45, 7) is 2.04. The summed E-state index contributed by atoms with van der Waals surface area (Å²) < 4.78 is 50.7. The van der Waals surface area contributed by atoms with Gasteiger partial charge in [0, 0.05) is 6.07 Å². The number of carbonyl (C=O) groups is 2. The van der Waals surface area contributed by atoms with E-state index >= 15 is 0 Å². The Hall–Kier alpha value is -4.60. The van der Waals surface area contributed by atoms with Crippen LogP contribution in [0.2, 0.25) is 0 Å². The van der Waals surface area contributed by atoms with Crippen molar-refractivity contribution < 1.29 is 42.4 Å². The van der Waals surface area contributed by atoms with Gasteiger partial charge in [-0.15, -0.1) is 0 Å². The van der Waals surface area contributed by atoms with Crippen molar-refractivity contribution in [3.8, 4) is 23.0 Å². The molecule has 0 saturated carbocycles. The van der Waals surface area contributed by atoms with Gasteiger partial charge < -0.3 is 24.1 Å². The Morgan fingerprint density at radius 1 is 0.895 bits per heavy atom. The number of amides is 1. The average molecular weight is 526 g/mol. The highest BCUT2D eigenvalue weighted by Gasteiger charge is 2.48. The van der Waals surface area contributed by atoms with Gasteiger partial charge in [-0.2, -0.15) is 0 Å². The van der Waals surface area contributed by atoms with Crippen LogP contribution in [0.3, 0.4) is 0 Å². The highest BCUT2D eigenvalue weighted by atomic mass is 19.1. The molecule has 1 atom stereocenters. The lowest BCUT2D eigenvalue weighted by Crippen LogP contribution is -2.30. The van der Waals surface area contributed by atoms with Gasteiger partial charge in [-0.25, -0.2) is 8.78 Å². The highest BCUT2D eigenvalue weighted by molar-refractivity contribution is 6.51. The topological polar surface area (TPSA) is 94.5 Å². The number of halogens is 2. The van der Waals surface area contributed by atoms with E-state index in [1.165, 1.54) is 45.6 Å². The van der Waals surface area contributed by atoms with Crippen molar-refractivity contribution in [2.45, 2.75) is 13.0 Å². The maximum absolute atomic E-state index is 15.0. The lowest BCUT2D eigenvalue weighted by atomic mass is 9.94. The second kappa shape index (κ2) is 10.8. The Morgan fingerprint density at radius 2 is 1.61 bits per heavy atom. The number of Topliss-reactive ketones (excluding diaryl/α,β-unsaturated/α-hetero) is 1. The molecule has 1 saturated heterocycles. The number of ether oxygens (including phenoxy) is 4. The first-order chi connectivity index (χ1) is 18.2. The maximum atomic E-state index is 15.0. The second-order valence-electron chi connectivity index (χ2n) is 8.17. The number of benzene rings is 3. The molecular formula is C28H25F2NO7. The minimum Gasteiger partial charge on any atom is -0.507 e. The second-order valence-corrected chi connectivity index (χ2v) is 8.17. The first-order valence-electron chi connectivity index (χ1n) is 11.5. The molecule has 198 valence electrons. The van der Waals surface area contributed by atoms with Crippen LogP contribution in [0, 0.1) is 11.6 Å². The van der Waals surface area contributed by atoms with Crippen LogP contribution in [0.5, 0.6) is 23.0 Å². The van der Waals surface area contributed by atoms with Gasteiger partial charge in [-0.05, 0) is 55.0 Å². The van der Waals surface area contributed by atoms with E-state index in [2.05, 4.69) is 0 Å². The molecule has 0 bridgehead atoms. The summed E-state index contributed by atoms with van der Waals surface area (Å²) in [4.78, 5) is 27.6. The Labute approximate surface area is 217 Å². The van der Waals surface area contributed by atoms with E-state index in [1.54, 1.807) is 19.1 Å². The van der Waals surface area contributed by atoms with Crippen molar-refractivity contribution in [1.29, 1.82) is 0 Å². The summed E-state index contributed by atoms with van der Waals surface area (Å²) in [5.74, 6) is -3.40. The fourth-order valence-corrected chi connectivity index (χ4v) is 4.34. The molecule has 38 heavy (non-hydrogen) atoms. The molecule has 1 aliphatic rings. The number of carbonyl (C=O) groups excluding carboxylic acids is 2. The molecule has 0 aliphatic carbocycles. The number of hydrogen-bond donors (Lipinski definition) is 1. The number of rotatable bonds is 8. The molecule has 3 aromatic rings. The molecule has 1 aliphatic heterocycles. The minimum absolute atomic E-state index is 0.0631. The molecule has 1 unspecified atom stereocenters. The summed E-state index contributed by atoms with van der Waals surface area (Å²) in [6.07, 6.45) is 0. The van der Waals surface area contributed by atoms with Crippen molar-refractivity contribution in [2.24, 2.45) is 0 Å². The molecule has 8 nitrogen and oxygen atoms in total. The molecule has 0 radical (unpaired) electrons. The molecule has 1 heterocycles. The largest absolute Gasteiger partial charge is 0.507 e. The Balaban J connectivity index is 2.04. The van der Waals surface area contributed by atoms with Gasteiger partial charge in [0.1, 0.15) is 28.9 Å². The quantitative estimate of drug-likeness (QED) is 0.251. The molecule has 10 heteroatoms. The van der Waals surface area contributed by atoms with E-state index in [0.29, 0.717) is 11.5 Å². The number of anilines is 1. The zero-order valence-corrected chi connectivity index (χ0v) is 21.1. The van der Waals surface area contributed by atoms with Gasteiger partial charge in [0.15, 0.2) is 11.5 Å². The molecule has 0 spiro atoms. The van der Waals surface area contributed by atoms with Gasteiger partial charge >= 0.3 is 0 Å². The lowest BCUT2D eigenvalue weighted by molar-refractivity contribution is -0.132. The van der Waals surface area contributed by atoms with Crippen LogP contribution in [0.4, 0.5) is 14.5 Å². The summed E-state index contributed by atoms with van der Waals surface area (Å²) in [5.41, 5.74) is -0.492. The number of hydrogen-bond acceptors (Lipinski definition) is 7. The first-order valence-corrected chi connectivity index (χ1v) is 11.5. The number of ketones is 1. The number of nitrogens with zero attached hydrogens (tertiary/aromatic N) is 1. The fraction of sp³-hybridized carbons (Fsp3) is 0.214. The zero-order chi connectivity index (χ0) is 27.6. The summed E-state index contributed by atoms with van der Waals surface area (Å²) in [5, 5.41) is 11.5. The van der Waals surface area contributed by atoms with Crippen LogP contribution in [0.15, 0.2) is 60.2 Å². The van der Waals surface area contributed by atoms with Crippen molar-refractivity contribution in [3.05, 3.63) is 82.9 Å². The Kier molecular flexibility index (Phi) is 7.52. The van der Waals surface area contributed by atoms with E-state index in [-0.39, 0.29) is 34.8 Å². The minimum atomic E-state index is -1.35. The molecule has 0 aromatic heterocycles. The predicted octanol–water partition coefficient (Wildman–Crippen LogP) is 5.02. The van der Waals surface area contributed by atoms with Crippen molar-refractivity contribution in [2.75, 3.05) is 32.8 Å². The van der Waals surface area contributed by atoms with Gasteiger partial charge in [-0.1, -0.05) is 6.07 Å². The van der Waals surface area contributed by atoms with Crippen LogP contribution in [0.1, 0.15) is 24.1 Å². The van der Waals surface area contributed by atoms with E-state index in [0.717, 1.165) is 23.1 Å². The zero-order valence-electron chi connectivity index (χ0n) is 21.1. The Bertz CT molecular complexity index is 1440. The van der Waals surface area contributed by atoms with E-state index in [9.17, 15) is 23.5 Å². The van der Waals surface area contributed by atoms with Gasteiger partial charge in [0.05, 0.1) is 50.8 Å². The predicted molar refractivity (Wildman–Crippen MR) is 135 cm³/mol. The molecule has 4 rings (SSSR count). The first kappa shape index (κ1) is 26.5. The smallest absolute Gasteiger partial charge is 0.300 e. The van der Waals surface area contributed by atoms with Crippen LogP contribution >= 0.6 is 0 Å². The van der Waals surface area contributed by atoms with Crippen LogP contribution in [-0.4, -0.2) is 44.7 Å². The maximum Gasteiger partial charge on any atom is 0.300 e. The van der Waals surface area contributed by atoms with Crippen molar-refractivity contribution in [3.63, 3.8) is 0 Å². The third kappa shape index (κ3) is 4.60. The molecule has 3 aromatic carbocycles. The number of methoxy groups -OCH3 is 3. The molecule has 1 amide bonds. The van der Waals surface area contributed by atoms with E-state index in [1.807, 2.05) is 0 Å². The summed E-state index contributed by atoms with van der Waals surface area (Å²) in [7, 11) is 4.24. The fourth-order valence-electron chi connectivity index (χ4n) is 4.34. The number of aliphatic hydroxyl groups excluding tert-OH is 1. The number of aliphatic hydroxyl groups is 1. The van der Waals surface area contributed by atoms with Gasteiger partial charge in [-0.3, -0.25) is 14.5 Å². The Morgan fingerprint density at radius 3 is 2.26 bits per heavy atom. The summed E-state index contributed by atoms with van der Waals surface area (Å²) >= 11 is 0. The van der Waals surface area contributed by atoms with Crippen LogP contribution < -0.4 is 23.8 Å². The van der Waals surface area contributed by atoms with Crippen molar-refractivity contribution in [1.82, 2.24) is 0 Å². The third-order valence-corrected chi connectivity index (χ3v) is 6.08. The molecule has 1 N–H and O–H groups in total. The van der Waals surface area contributed by atoms with E-state index in [4.69, 9.17) is 18.9 Å². The highest BCUT2D eigenvalue weighted by Crippen LogP contribution is 2.46. The monoisotopic (exact) mass is 525 g/mol. The molecular weight excluding hydrogens is 500 g/mol. The van der Waals surface area contributed by atoms with Crippen LogP contribution in [0.25, 0.3) is 5.76 Å². The lowest BCUT2D eigenvalue weighted by Gasteiger charge is -2.26. The van der Waals surface area contributed by atoms with E-state index < -0.39 is 40.8 Å². The third-order valence-electron chi connectivity index (χ3n) is 6.08. The normalized spacial score (nSPS) is 16.5.